The zero-order valence-electron chi connectivity index (χ0n) is 14.3. The maximum atomic E-state index is 13.3. The second-order valence-corrected chi connectivity index (χ2v) is 5.90. The van der Waals surface area contributed by atoms with Crippen LogP contribution in [0.25, 0.3) is 16.7 Å². The molecule has 9 heteroatoms. The molecule has 0 saturated carbocycles. The molecule has 0 bridgehead atoms. The lowest BCUT2D eigenvalue weighted by atomic mass is 10.2. The molecule has 8 nitrogen and oxygen atoms in total. The molecular formula is C18H15FN6O2. The van der Waals surface area contributed by atoms with Gasteiger partial charge in [-0.3, -0.25) is 9.78 Å². The number of pyridine rings is 3. The number of rotatable bonds is 4. The first kappa shape index (κ1) is 16.7. The third-order valence-electron chi connectivity index (χ3n) is 4.01. The van der Waals surface area contributed by atoms with Crippen LogP contribution in [0.3, 0.4) is 0 Å². The number of H-pyrrole nitrogens is 1. The molecule has 27 heavy (non-hydrogen) atoms. The summed E-state index contributed by atoms with van der Waals surface area (Å²) < 4.78 is 20.9. The largest absolute Gasteiger partial charge is 0.480 e. The number of nitrogens with zero attached hydrogens (tertiary/aromatic N) is 4. The molecule has 4 heterocycles. The molecule has 1 unspecified atom stereocenters. The molecule has 0 saturated heterocycles. The maximum Gasteiger partial charge on any atom is 0.248 e. The number of fused-ring (bicyclic) bond motifs is 1. The van der Waals surface area contributed by atoms with Gasteiger partial charge in [-0.2, -0.15) is 5.10 Å². The Morgan fingerprint density at radius 2 is 2.15 bits per heavy atom. The van der Waals surface area contributed by atoms with E-state index in [9.17, 15) is 9.18 Å². The molecule has 136 valence electrons. The Morgan fingerprint density at radius 1 is 1.30 bits per heavy atom. The number of hydrogen-bond donors (Lipinski definition) is 2. The molecule has 0 aliphatic heterocycles. The molecule has 4 aromatic rings. The van der Waals surface area contributed by atoms with E-state index in [0.29, 0.717) is 22.4 Å². The smallest absolute Gasteiger partial charge is 0.248 e. The predicted octanol–water partition coefficient (Wildman–Crippen LogP) is 2.37. The molecule has 4 rings (SSSR count). The predicted molar refractivity (Wildman–Crippen MR) is 97.1 cm³/mol. The molecule has 0 aliphatic rings. The number of aromatic amines is 1. The van der Waals surface area contributed by atoms with Crippen molar-refractivity contribution >= 4 is 16.9 Å². The first-order valence-electron chi connectivity index (χ1n) is 8.13. The van der Waals surface area contributed by atoms with Crippen molar-refractivity contribution in [1.82, 2.24) is 24.7 Å². The molecule has 0 aliphatic carbocycles. The zero-order chi connectivity index (χ0) is 19.0. The van der Waals surface area contributed by atoms with E-state index in [4.69, 9.17) is 10.5 Å². The molecule has 0 spiro atoms. The van der Waals surface area contributed by atoms with Crippen LogP contribution < -0.4 is 16.0 Å². The lowest BCUT2D eigenvalue weighted by molar-refractivity contribution is 0.222. The third kappa shape index (κ3) is 3.22. The molecule has 0 fully saturated rings. The van der Waals surface area contributed by atoms with Crippen molar-refractivity contribution in [3.8, 4) is 11.4 Å². The Bertz CT molecular complexity index is 1170. The van der Waals surface area contributed by atoms with Crippen molar-refractivity contribution in [1.29, 1.82) is 0 Å². The molecule has 3 N–H and O–H groups in total. The van der Waals surface area contributed by atoms with Crippen LogP contribution in [0.15, 0.2) is 53.7 Å². The van der Waals surface area contributed by atoms with Crippen LogP contribution in [0.2, 0.25) is 0 Å². The van der Waals surface area contributed by atoms with E-state index in [0.717, 1.165) is 6.20 Å². The highest BCUT2D eigenvalue weighted by Gasteiger charge is 2.17. The summed E-state index contributed by atoms with van der Waals surface area (Å²) in [4.78, 5) is 22.7. The summed E-state index contributed by atoms with van der Waals surface area (Å²) in [5.74, 6) is -0.118. The normalized spacial score (nSPS) is 12.2. The minimum absolute atomic E-state index is 0.0978. The van der Waals surface area contributed by atoms with Gasteiger partial charge in [0, 0.05) is 30.6 Å². The topological polar surface area (TPSA) is 112 Å². The highest BCUT2D eigenvalue weighted by atomic mass is 19.1. The van der Waals surface area contributed by atoms with E-state index >= 15 is 0 Å². The summed E-state index contributed by atoms with van der Waals surface area (Å²) in [6.07, 6.45) is 3.92. The number of nitrogens with two attached hydrogens (primary N) is 1. The van der Waals surface area contributed by atoms with E-state index in [-0.39, 0.29) is 17.1 Å². The first-order valence-corrected chi connectivity index (χ1v) is 8.13. The molecule has 4 aromatic heterocycles. The van der Waals surface area contributed by atoms with Crippen molar-refractivity contribution in [3.63, 3.8) is 0 Å². The monoisotopic (exact) mass is 366 g/mol. The van der Waals surface area contributed by atoms with Gasteiger partial charge in [-0.15, -0.1) is 0 Å². The van der Waals surface area contributed by atoms with Gasteiger partial charge in [0.15, 0.2) is 11.6 Å². The number of nitrogen functional groups attached to an aromatic ring is 1. The minimum Gasteiger partial charge on any atom is -0.480 e. The van der Waals surface area contributed by atoms with Crippen molar-refractivity contribution in [3.05, 3.63) is 70.8 Å². The third-order valence-corrected chi connectivity index (χ3v) is 4.01. The minimum atomic E-state index is -0.569. The van der Waals surface area contributed by atoms with Crippen molar-refractivity contribution in [2.45, 2.75) is 13.0 Å². The second-order valence-electron chi connectivity index (χ2n) is 5.90. The van der Waals surface area contributed by atoms with Gasteiger partial charge in [-0.1, -0.05) is 0 Å². The van der Waals surface area contributed by atoms with Crippen LogP contribution in [-0.4, -0.2) is 24.7 Å². The summed E-state index contributed by atoms with van der Waals surface area (Å²) in [5, 5.41) is 4.19. The van der Waals surface area contributed by atoms with E-state index in [1.807, 2.05) is 0 Å². The number of nitrogens with one attached hydrogen (secondary N) is 1. The summed E-state index contributed by atoms with van der Waals surface area (Å²) in [6.45, 7) is 1.76. The van der Waals surface area contributed by atoms with Gasteiger partial charge in [0.2, 0.25) is 5.56 Å². The zero-order valence-corrected chi connectivity index (χ0v) is 14.3. The molecule has 0 radical (unpaired) electrons. The molecule has 1 atom stereocenters. The lowest BCUT2D eigenvalue weighted by Crippen LogP contribution is -2.17. The summed E-state index contributed by atoms with van der Waals surface area (Å²) in [7, 11) is 0. The van der Waals surface area contributed by atoms with Crippen molar-refractivity contribution in [2.24, 2.45) is 0 Å². The molecule has 0 amide bonds. The van der Waals surface area contributed by atoms with Crippen molar-refractivity contribution < 1.29 is 9.13 Å². The highest BCUT2D eigenvalue weighted by molar-refractivity contribution is 5.78. The maximum absolute atomic E-state index is 13.3. The van der Waals surface area contributed by atoms with Crippen LogP contribution >= 0.6 is 0 Å². The number of aromatic nitrogens is 5. The van der Waals surface area contributed by atoms with Gasteiger partial charge in [-0.25, -0.2) is 14.1 Å². The lowest BCUT2D eigenvalue weighted by Gasteiger charge is -2.19. The fourth-order valence-electron chi connectivity index (χ4n) is 2.77. The van der Waals surface area contributed by atoms with E-state index in [2.05, 4.69) is 20.1 Å². The SMILES string of the molecule is CC(Oc1cc2ncc(F)cc2nc1N)c1[nH]c(=O)ccc1-n1cccn1. The number of anilines is 1. The summed E-state index contributed by atoms with van der Waals surface area (Å²) in [5.41, 5.74) is 7.65. The Morgan fingerprint density at radius 3 is 2.93 bits per heavy atom. The Balaban J connectivity index is 1.73. The van der Waals surface area contributed by atoms with Crippen molar-refractivity contribution in [2.75, 3.05) is 5.73 Å². The van der Waals surface area contributed by atoms with Gasteiger partial charge < -0.3 is 15.5 Å². The van der Waals surface area contributed by atoms with Crippen LogP contribution in [-0.2, 0) is 0 Å². The highest BCUT2D eigenvalue weighted by Crippen LogP contribution is 2.29. The average Bonchev–Trinajstić information content (AvgIpc) is 3.17. The fourth-order valence-corrected chi connectivity index (χ4v) is 2.77. The van der Waals surface area contributed by atoms with Crippen LogP contribution in [0.4, 0.5) is 10.2 Å². The molecule has 0 aromatic carbocycles. The average molecular weight is 366 g/mol. The van der Waals surface area contributed by atoms with E-state index in [1.54, 1.807) is 42.2 Å². The van der Waals surface area contributed by atoms with Crippen LogP contribution in [0.5, 0.6) is 5.75 Å². The Labute approximate surface area is 152 Å². The Kier molecular flexibility index (Phi) is 4.03. The summed E-state index contributed by atoms with van der Waals surface area (Å²) >= 11 is 0. The van der Waals surface area contributed by atoms with Gasteiger partial charge in [0.1, 0.15) is 11.9 Å². The first-order chi connectivity index (χ1) is 13.0. The van der Waals surface area contributed by atoms with Gasteiger partial charge in [-0.05, 0) is 19.1 Å². The fraction of sp³-hybridized carbons (Fsp3) is 0.111. The summed E-state index contributed by atoms with van der Waals surface area (Å²) in [6, 6.07) is 7.68. The number of ether oxygens (including phenoxy) is 1. The van der Waals surface area contributed by atoms with E-state index < -0.39 is 11.9 Å². The number of hydrogen-bond acceptors (Lipinski definition) is 6. The number of halogens is 1. The second kappa shape index (κ2) is 6.52. The quantitative estimate of drug-likeness (QED) is 0.573. The van der Waals surface area contributed by atoms with Gasteiger partial charge in [0.05, 0.1) is 28.6 Å². The standard InChI is InChI=1S/C18H15FN6O2/c1-10(17-14(3-4-16(26)24-17)25-6-2-5-22-25)27-15-8-12-13(23-18(15)20)7-11(19)9-21-12/h2-10H,1H3,(H2,20,23)(H,24,26). The molecular weight excluding hydrogens is 351 g/mol. The Hall–Kier alpha value is -3.75. The van der Waals surface area contributed by atoms with Gasteiger partial charge >= 0.3 is 0 Å². The van der Waals surface area contributed by atoms with Crippen LogP contribution in [0, 0.1) is 5.82 Å². The van der Waals surface area contributed by atoms with Gasteiger partial charge in [0.25, 0.3) is 0 Å². The van der Waals surface area contributed by atoms with E-state index in [1.165, 1.54) is 12.1 Å². The van der Waals surface area contributed by atoms with Crippen LogP contribution in [0.1, 0.15) is 18.7 Å².